The first-order valence-electron chi connectivity index (χ1n) is 4.94. The van der Waals surface area contributed by atoms with Gasteiger partial charge in [-0.2, -0.15) is 0 Å². The Bertz CT molecular complexity index is 352. The third-order valence-corrected chi connectivity index (χ3v) is 2.38. The molecule has 0 aliphatic carbocycles. The number of benzene rings is 1. The Morgan fingerprint density at radius 1 is 1.53 bits per heavy atom. The number of amides is 1. The maximum absolute atomic E-state index is 11.0. The minimum Gasteiger partial charge on any atom is -0.398 e. The number of nitrogen functional groups attached to an aromatic ring is 1. The van der Waals surface area contributed by atoms with E-state index in [9.17, 15) is 4.79 Å². The molecule has 3 nitrogen and oxygen atoms in total. The second-order valence-corrected chi connectivity index (χ2v) is 3.73. The highest BCUT2D eigenvalue weighted by Crippen LogP contribution is 2.17. The van der Waals surface area contributed by atoms with E-state index in [0.29, 0.717) is 23.7 Å². The summed E-state index contributed by atoms with van der Waals surface area (Å²) in [6.45, 7) is 2.44. The summed E-state index contributed by atoms with van der Waals surface area (Å²) in [7, 11) is 0. The Hall–Kier alpha value is -1.22. The standard InChI is InChI=1S/C11H15ClN2O/c1-2-11(15)14-6-5-8-3-4-9(12)7-10(8)13/h3-4,7H,2,5-6,13H2,1H3,(H,14,15). The van der Waals surface area contributed by atoms with Crippen molar-refractivity contribution in [3.05, 3.63) is 28.8 Å². The normalized spacial score (nSPS) is 10.0. The number of carbonyl (C=O) groups excluding carboxylic acids is 1. The average molecular weight is 227 g/mol. The summed E-state index contributed by atoms with van der Waals surface area (Å²) >= 11 is 5.77. The van der Waals surface area contributed by atoms with Gasteiger partial charge in [0, 0.05) is 23.7 Å². The number of hydrogen-bond donors (Lipinski definition) is 2. The lowest BCUT2D eigenvalue weighted by Crippen LogP contribution is -2.24. The van der Waals surface area contributed by atoms with E-state index in [0.717, 1.165) is 12.0 Å². The molecular formula is C11H15ClN2O. The van der Waals surface area contributed by atoms with E-state index in [1.54, 1.807) is 12.1 Å². The minimum atomic E-state index is 0.0579. The molecule has 3 N–H and O–H groups in total. The second-order valence-electron chi connectivity index (χ2n) is 3.30. The van der Waals surface area contributed by atoms with Gasteiger partial charge in [-0.3, -0.25) is 4.79 Å². The van der Waals surface area contributed by atoms with E-state index in [4.69, 9.17) is 17.3 Å². The zero-order valence-corrected chi connectivity index (χ0v) is 9.47. The number of halogens is 1. The lowest BCUT2D eigenvalue weighted by molar-refractivity contribution is -0.120. The molecule has 0 aromatic heterocycles. The fourth-order valence-corrected chi connectivity index (χ4v) is 1.44. The molecule has 0 spiro atoms. The molecular weight excluding hydrogens is 212 g/mol. The summed E-state index contributed by atoms with van der Waals surface area (Å²) in [6.07, 6.45) is 1.24. The van der Waals surface area contributed by atoms with Crippen molar-refractivity contribution in [1.29, 1.82) is 0 Å². The van der Waals surface area contributed by atoms with Gasteiger partial charge in [0.05, 0.1) is 0 Å². The van der Waals surface area contributed by atoms with Crippen molar-refractivity contribution in [1.82, 2.24) is 5.32 Å². The highest BCUT2D eigenvalue weighted by atomic mass is 35.5. The molecule has 0 saturated carbocycles. The fourth-order valence-electron chi connectivity index (χ4n) is 1.26. The van der Waals surface area contributed by atoms with Gasteiger partial charge in [-0.05, 0) is 24.1 Å². The van der Waals surface area contributed by atoms with Crippen molar-refractivity contribution in [2.45, 2.75) is 19.8 Å². The molecule has 1 aromatic carbocycles. The van der Waals surface area contributed by atoms with Crippen molar-refractivity contribution in [2.24, 2.45) is 0 Å². The molecule has 0 aliphatic rings. The van der Waals surface area contributed by atoms with Crippen LogP contribution >= 0.6 is 11.6 Å². The molecule has 1 aromatic rings. The quantitative estimate of drug-likeness (QED) is 0.772. The van der Waals surface area contributed by atoms with Gasteiger partial charge in [-0.1, -0.05) is 24.6 Å². The molecule has 4 heteroatoms. The first kappa shape index (κ1) is 11.9. The molecule has 1 rings (SSSR count). The third kappa shape index (κ3) is 3.80. The predicted molar refractivity (Wildman–Crippen MR) is 62.9 cm³/mol. The Labute approximate surface area is 94.6 Å². The summed E-state index contributed by atoms with van der Waals surface area (Å²) < 4.78 is 0. The molecule has 1 amide bonds. The molecule has 0 atom stereocenters. The molecule has 82 valence electrons. The number of anilines is 1. The molecule has 0 unspecified atom stereocenters. The minimum absolute atomic E-state index is 0.0579. The molecule has 0 aliphatic heterocycles. The fraction of sp³-hybridized carbons (Fsp3) is 0.364. The largest absolute Gasteiger partial charge is 0.398 e. The van der Waals surface area contributed by atoms with Crippen LogP contribution in [0.25, 0.3) is 0 Å². The van der Waals surface area contributed by atoms with Crippen LogP contribution in [0.5, 0.6) is 0 Å². The Morgan fingerprint density at radius 2 is 2.27 bits per heavy atom. The molecule has 15 heavy (non-hydrogen) atoms. The zero-order chi connectivity index (χ0) is 11.3. The van der Waals surface area contributed by atoms with Crippen LogP contribution in [0.4, 0.5) is 5.69 Å². The lowest BCUT2D eigenvalue weighted by Gasteiger charge is -2.06. The Kier molecular flexibility index (Phi) is 4.43. The summed E-state index contributed by atoms with van der Waals surface area (Å²) in [4.78, 5) is 11.0. The molecule has 0 radical (unpaired) electrons. The van der Waals surface area contributed by atoms with Crippen molar-refractivity contribution >= 4 is 23.2 Å². The van der Waals surface area contributed by atoms with E-state index in [-0.39, 0.29) is 5.91 Å². The maximum atomic E-state index is 11.0. The van der Waals surface area contributed by atoms with Crippen LogP contribution in [-0.2, 0) is 11.2 Å². The Balaban J connectivity index is 2.47. The number of hydrogen-bond acceptors (Lipinski definition) is 2. The van der Waals surface area contributed by atoms with Crippen molar-refractivity contribution in [2.75, 3.05) is 12.3 Å². The third-order valence-electron chi connectivity index (χ3n) is 2.15. The molecule has 0 bridgehead atoms. The summed E-state index contributed by atoms with van der Waals surface area (Å²) in [5.74, 6) is 0.0579. The van der Waals surface area contributed by atoms with Crippen LogP contribution in [0.2, 0.25) is 5.02 Å². The van der Waals surface area contributed by atoms with E-state index < -0.39 is 0 Å². The monoisotopic (exact) mass is 226 g/mol. The predicted octanol–water partition coefficient (Wildman–Crippen LogP) is 1.99. The van der Waals surface area contributed by atoms with E-state index in [1.165, 1.54) is 0 Å². The molecule has 0 fully saturated rings. The van der Waals surface area contributed by atoms with Gasteiger partial charge in [-0.25, -0.2) is 0 Å². The van der Waals surface area contributed by atoms with Crippen LogP contribution in [0.3, 0.4) is 0 Å². The smallest absolute Gasteiger partial charge is 0.219 e. The van der Waals surface area contributed by atoms with E-state index in [2.05, 4.69) is 5.32 Å². The van der Waals surface area contributed by atoms with Crippen LogP contribution in [-0.4, -0.2) is 12.5 Å². The van der Waals surface area contributed by atoms with Crippen molar-refractivity contribution < 1.29 is 4.79 Å². The average Bonchev–Trinajstić information content (AvgIpc) is 2.21. The topological polar surface area (TPSA) is 55.1 Å². The summed E-state index contributed by atoms with van der Waals surface area (Å²) in [5.41, 5.74) is 7.46. The van der Waals surface area contributed by atoms with Gasteiger partial charge in [0.15, 0.2) is 0 Å². The second kappa shape index (κ2) is 5.61. The number of carbonyl (C=O) groups is 1. The molecule has 0 heterocycles. The van der Waals surface area contributed by atoms with Gasteiger partial charge >= 0.3 is 0 Å². The van der Waals surface area contributed by atoms with Gasteiger partial charge in [-0.15, -0.1) is 0 Å². The maximum Gasteiger partial charge on any atom is 0.219 e. The van der Waals surface area contributed by atoms with E-state index >= 15 is 0 Å². The van der Waals surface area contributed by atoms with Gasteiger partial charge in [0.25, 0.3) is 0 Å². The van der Waals surface area contributed by atoms with Gasteiger partial charge < -0.3 is 11.1 Å². The Morgan fingerprint density at radius 3 is 2.87 bits per heavy atom. The summed E-state index contributed by atoms with van der Waals surface area (Å²) in [5, 5.41) is 3.43. The van der Waals surface area contributed by atoms with Crippen LogP contribution in [0.15, 0.2) is 18.2 Å². The molecule has 0 saturated heterocycles. The highest BCUT2D eigenvalue weighted by Gasteiger charge is 2.01. The zero-order valence-electron chi connectivity index (χ0n) is 8.72. The summed E-state index contributed by atoms with van der Waals surface area (Å²) in [6, 6.07) is 5.41. The van der Waals surface area contributed by atoms with Gasteiger partial charge in [0.2, 0.25) is 5.91 Å². The van der Waals surface area contributed by atoms with Gasteiger partial charge in [0.1, 0.15) is 0 Å². The van der Waals surface area contributed by atoms with Crippen molar-refractivity contribution in [3.8, 4) is 0 Å². The number of nitrogens with two attached hydrogens (primary N) is 1. The lowest BCUT2D eigenvalue weighted by atomic mass is 10.1. The van der Waals surface area contributed by atoms with Crippen molar-refractivity contribution in [3.63, 3.8) is 0 Å². The number of nitrogens with one attached hydrogen (secondary N) is 1. The first-order chi connectivity index (χ1) is 7.13. The SMILES string of the molecule is CCC(=O)NCCc1ccc(Cl)cc1N. The van der Waals surface area contributed by atoms with Crippen LogP contribution < -0.4 is 11.1 Å². The van der Waals surface area contributed by atoms with Crippen LogP contribution in [0, 0.1) is 0 Å². The van der Waals surface area contributed by atoms with Crippen LogP contribution in [0.1, 0.15) is 18.9 Å². The highest BCUT2D eigenvalue weighted by molar-refractivity contribution is 6.30. The van der Waals surface area contributed by atoms with E-state index in [1.807, 2.05) is 13.0 Å². The number of rotatable bonds is 4. The first-order valence-corrected chi connectivity index (χ1v) is 5.32.